The fourth-order valence-electron chi connectivity index (χ4n) is 7.64. The summed E-state index contributed by atoms with van der Waals surface area (Å²) in [5.41, 5.74) is 10.5. The van der Waals surface area contributed by atoms with Gasteiger partial charge < -0.3 is 4.42 Å². The first-order valence-corrected chi connectivity index (χ1v) is 14.6. The topological polar surface area (TPSA) is 17.0 Å². The molecule has 0 radical (unpaired) electrons. The van der Waals surface area contributed by atoms with Gasteiger partial charge in [0.15, 0.2) is 6.20 Å². The average molecular weight is 503 g/mol. The highest BCUT2D eigenvalue weighted by molar-refractivity contribution is 6.13. The molecule has 38 heavy (non-hydrogen) atoms. The quantitative estimate of drug-likeness (QED) is 0.220. The average Bonchev–Trinajstić information content (AvgIpc) is 3.53. The van der Waals surface area contributed by atoms with Gasteiger partial charge in [0.1, 0.15) is 18.2 Å². The minimum Gasteiger partial charge on any atom is -0.455 e. The van der Waals surface area contributed by atoms with E-state index in [0.717, 1.165) is 11.2 Å². The van der Waals surface area contributed by atoms with E-state index < -0.39 is 0 Å². The SMILES string of the molecule is Cc1ccc2c(oc3cc4c5c(ccc4cc32)C(C)(C)CCC5(C)C)c1-c1ccc(C2CCCC2)c[n+]1C. The van der Waals surface area contributed by atoms with E-state index in [0.29, 0.717) is 5.92 Å². The van der Waals surface area contributed by atoms with Crippen molar-refractivity contribution in [3.05, 3.63) is 77.0 Å². The number of aromatic nitrogens is 1. The van der Waals surface area contributed by atoms with E-state index in [-0.39, 0.29) is 10.8 Å². The van der Waals surface area contributed by atoms with Crippen molar-refractivity contribution >= 4 is 32.7 Å². The van der Waals surface area contributed by atoms with E-state index in [1.165, 1.54) is 93.6 Å². The molecule has 3 aromatic carbocycles. The minimum atomic E-state index is 0.153. The van der Waals surface area contributed by atoms with Gasteiger partial charge in [0.2, 0.25) is 5.69 Å². The smallest absolute Gasteiger partial charge is 0.216 e. The van der Waals surface area contributed by atoms with Crippen LogP contribution in [0.15, 0.2) is 59.1 Å². The molecule has 2 aromatic heterocycles. The number of benzene rings is 3. The molecule has 7 rings (SSSR count). The summed E-state index contributed by atoms with van der Waals surface area (Å²) in [6.45, 7) is 11.9. The first-order chi connectivity index (χ1) is 18.1. The summed E-state index contributed by atoms with van der Waals surface area (Å²) >= 11 is 0. The molecule has 194 valence electrons. The maximum Gasteiger partial charge on any atom is 0.216 e. The monoisotopic (exact) mass is 502 g/mol. The minimum absolute atomic E-state index is 0.153. The first kappa shape index (κ1) is 23.9. The van der Waals surface area contributed by atoms with Crippen LogP contribution in [-0.2, 0) is 17.9 Å². The van der Waals surface area contributed by atoms with Gasteiger partial charge in [-0.15, -0.1) is 0 Å². The second kappa shape index (κ2) is 8.18. The molecule has 0 bridgehead atoms. The summed E-state index contributed by atoms with van der Waals surface area (Å²) in [5.74, 6) is 0.714. The van der Waals surface area contributed by atoms with Gasteiger partial charge in [-0.25, -0.2) is 4.57 Å². The summed E-state index contributed by atoms with van der Waals surface area (Å²) in [7, 11) is 2.19. The summed E-state index contributed by atoms with van der Waals surface area (Å²) < 4.78 is 9.13. The lowest BCUT2D eigenvalue weighted by Crippen LogP contribution is -2.34. The Morgan fingerprint density at radius 1 is 0.816 bits per heavy atom. The van der Waals surface area contributed by atoms with E-state index in [4.69, 9.17) is 4.42 Å². The van der Waals surface area contributed by atoms with Crippen LogP contribution in [0.2, 0.25) is 0 Å². The van der Waals surface area contributed by atoms with E-state index in [1.807, 2.05) is 0 Å². The number of hydrogen-bond acceptors (Lipinski definition) is 1. The van der Waals surface area contributed by atoms with Gasteiger partial charge in [-0.2, -0.15) is 0 Å². The fourth-order valence-corrected chi connectivity index (χ4v) is 7.64. The van der Waals surface area contributed by atoms with E-state index in [1.54, 1.807) is 0 Å². The van der Waals surface area contributed by atoms with Crippen molar-refractivity contribution in [2.75, 3.05) is 0 Å². The van der Waals surface area contributed by atoms with E-state index in [2.05, 4.69) is 101 Å². The zero-order valence-corrected chi connectivity index (χ0v) is 23.9. The van der Waals surface area contributed by atoms with Crippen LogP contribution in [0, 0.1) is 6.92 Å². The van der Waals surface area contributed by atoms with Crippen molar-refractivity contribution in [2.24, 2.45) is 7.05 Å². The van der Waals surface area contributed by atoms with Crippen molar-refractivity contribution in [2.45, 2.75) is 89.9 Å². The molecule has 0 amide bonds. The molecule has 1 fully saturated rings. The predicted molar refractivity (Wildman–Crippen MR) is 159 cm³/mol. The molecule has 1 saturated carbocycles. The van der Waals surface area contributed by atoms with Crippen LogP contribution in [0.5, 0.6) is 0 Å². The number of aryl methyl sites for hydroxylation is 2. The molecular formula is C36H40NO+. The molecular weight excluding hydrogens is 462 g/mol. The molecule has 0 atom stereocenters. The van der Waals surface area contributed by atoms with Gasteiger partial charge in [-0.3, -0.25) is 0 Å². The maximum absolute atomic E-state index is 6.81. The highest BCUT2D eigenvalue weighted by Crippen LogP contribution is 2.49. The number of furan rings is 1. The van der Waals surface area contributed by atoms with Crippen LogP contribution in [0.25, 0.3) is 44.0 Å². The van der Waals surface area contributed by atoms with Crippen molar-refractivity contribution in [3.63, 3.8) is 0 Å². The zero-order chi connectivity index (χ0) is 26.4. The van der Waals surface area contributed by atoms with Crippen LogP contribution in [0.3, 0.4) is 0 Å². The second-order valence-corrected chi connectivity index (χ2v) is 13.5. The van der Waals surface area contributed by atoms with Gasteiger partial charge in [0.25, 0.3) is 0 Å². The summed E-state index contributed by atoms with van der Waals surface area (Å²) in [4.78, 5) is 0. The predicted octanol–water partition coefficient (Wildman–Crippen LogP) is 9.55. The lowest BCUT2D eigenvalue weighted by molar-refractivity contribution is -0.660. The third kappa shape index (κ3) is 3.49. The molecule has 2 aliphatic rings. The molecule has 0 aliphatic heterocycles. The van der Waals surface area contributed by atoms with Gasteiger partial charge in [-0.1, -0.05) is 64.8 Å². The number of hydrogen-bond donors (Lipinski definition) is 0. The number of fused-ring (bicyclic) bond motifs is 6. The largest absolute Gasteiger partial charge is 0.455 e. The van der Waals surface area contributed by atoms with Crippen molar-refractivity contribution in [1.82, 2.24) is 0 Å². The Labute approximate surface area is 226 Å². The van der Waals surface area contributed by atoms with Crippen molar-refractivity contribution in [3.8, 4) is 11.3 Å². The Morgan fingerprint density at radius 3 is 2.34 bits per heavy atom. The van der Waals surface area contributed by atoms with Gasteiger partial charge >= 0.3 is 0 Å². The van der Waals surface area contributed by atoms with E-state index >= 15 is 0 Å². The van der Waals surface area contributed by atoms with Crippen LogP contribution in [0.1, 0.15) is 94.4 Å². The molecule has 0 saturated heterocycles. The Kier molecular flexibility index (Phi) is 5.16. The molecule has 2 heterocycles. The molecule has 0 N–H and O–H groups in total. The maximum atomic E-state index is 6.81. The Bertz CT molecular complexity index is 1740. The lowest BCUT2D eigenvalue weighted by Gasteiger charge is -2.42. The molecule has 0 spiro atoms. The highest BCUT2D eigenvalue weighted by atomic mass is 16.3. The lowest BCUT2D eigenvalue weighted by atomic mass is 9.62. The Morgan fingerprint density at radius 2 is 1.58 bits per heavy atom. The molecule has 2 aliphatic carbocycles. The van der Waals surface area contributed by atoms with E-state index in [9.17, 15) is 0 Å². The normalized spacial score (nSPS) is 19.0. The molecule has 5 aromatic rings. The summed E-state index contributed by atoms with van der Waals surface area (Å²) in [6, 6.07) is 18.6. The third-order valence-electron chi connectivity index (χ3n) is 10.0. The van der Waals surface area contributed by atoms with Gasteiger partial charge in [-0.05, 0) is 95.0 Å². The highest BCUT2D eigenvalue weighted by Gasteiger charge is 2.38. The fraction of sp³-hybridized carbons (Fsp3) is 0.417. The van der Waals surface area contributed by atoms with Crippen LogP contribution >= 0.6 is 0 Å². The summed E-state index contributed by atoms with van der Waals surface area (Å²) in [6.07, 6.45) is 10.2. The number of nitrogens with zero attached hydrogens (tertiary/aromatic N) is 1. The Hall–Kier alpha value is -3.13. The number of rotatable bonds is 2. The van der Waals surface area contributed by atoms with Gasteiger partial charge in [0, 0.05) is 22.4 Å². The van der Waals surface area contributed by atoms with Crippen molar-refractivity contribution < 1.29 is 8.98 Å². The standard InChI is InChI=1S/C36H40NO/c1-22-11-14-26-28-19-24-12-15-29-33(36(4,5)18-17-35(29,2)3)27(24)20-31(28)38-34(26)32(22)30-16-13-25(21-37(30)6)23-9-7-8-10-23/h11-16,19-21,23H,7-10,17-18H2,1-6H3/q+1. The molecule has 2 nitrogen and oxygen atoms in total. The van der Waals surface area contributed by atoms with Gasteiger partial charge in [0.05, 0.1) is 5.56 Å². The number of pyridine rings is 1. The zero-order valence-electron chi connectivity index (χ0n) is 23.9. The molecule has 0 unspecified atom stereocenters. The summed E-state index contributed by atoms with van der Waals surface area (Å²) in [5, 5.41) is 5.10. The van der Waals surface area contributed by atoms with Crippen molar-refractivity contribution in [1.29, 1.82) is 0 Å². The third-order valence-corrected chi connectivity index (χ3v) is 10.0. The van der Waals surface area contributed by atoms with Crippen LogP contribution in [-0.4, -0.2) is 0 Å². The first-order valence-electron chi connectivity index (χ1n) is 14.6. The Balaban J connectivity index is 1.46. The van der Waals surface area contributed by atoms with Crippen LogP contribution < -0.4 is 4.57 Å². The second-order valence-electron chi connectivity index (χ2n) is 13.5. The van der Waals surface area contributed by atoms with Crippen LogP contribution in [0.4, 0.5) is 0 Å². The molecule has 2 heteroatoms.